The Hall–Kier alpha value is -3.34. The first kappa shape index (κ1) is 17.5. The monoisotopic (exact) mass is 346 g/mol. The summed E-state index contributed by atoms with van der Waals surface area (Å²) in [7, 11) is 0. The van der Waals surface area contributed by atoms with Crippen molar-refractivity contribution in [2.45, 2.75) is 13.5 Å². The standard InChI is InChI=1S/C21H22N4O/c1-3-13-22-21-23-16(2)14-20(25-21)24-18-9-11-19(12-10-18)26-15-17-7-5-4-6-8-17/h3-12,14H,1,13,15H2,2H3,(H2,22,23,24,25). The van der Waals surface area contributed by atoms with Crippen molar-refractivity contribution < 1.29 is 4.74 Å². The summed E-state index contributed by atoms with van der Waals surface area (Å²) in [6.07, 6.45) is 1.77. The predicted octanol–water partition coefficient (Wildman–Crippen LogP) is 4.71. The zero-order valence-electron chi connectivity index (χ0n) is 14.8. The summed E-state index contributed by atoms with van der Waals surface area (Å²) in [5, 5.41) is 6.39. The fraction of sp³-hybridized carbons (Fsp3) is 0.143. The van der Waals surface area contributed by atoms with Gasteiger partial charge >= 0.3 is 0 Å². The fourth-order valence-corrected chi connectivity index (χ4v) is 2.40. The Balaban J connectivity index is 1.62. The van der Waals surface area contributed by atoms with Crippen molar-refractivity contribution in [3.05, 3.63) is 84.6 Å². The Morgan fingerprint density at radius 2 is 1.81 bits per heavy atom. The lowest BCUT2D eigenvalue weighted by Crippen LogP contribution is -2.05. The summed E-state index contributed by atoms with van der Waals surface area (Å²) in [6.45, 7) is 6.80. The van der Waals surface area contributed by atoms with Crippen LogP contribution in [0.3, 0.4) is 0 Å². The normalized spacial score (nSPS) is 10.2. The lowest BCUT2D eigenvalue weighted by molar-refractivity contribution is 0.306. The lowest BCUT2D eigenvalue weighted by atomic mass is 10.2. The second-order valence-corrected chi connectivity index (χ2v) is 5.81. The molecule has 0 fully saturated rings. The van der Waals surface area contributed by atoms with Crippen molar-refractivity contribution in [3.63, 3.8) is 0 Å². The number of nitrogens with one attached hydrogen (secondary N) is 2. The maximum atomic E-state index is 5.81. The molecule has 0 saturated carbocycles. The Morgan fingerprint density at radius 1 is 1.04 bits per heavy atom. The highest BCUT2D eigenvalue weighted by molar-refractivity contribution is 5.58. The van der Waals surface area contributed by atoms with Crippen LogP contribution < -0.4 is 15.4 Å². The summed E-state index contributed by atoms with van der Waals surface area (Å²) in [5.74, 6) is 2.14. The molecule has 5 nitrogen and oxygen atoms in total. The highest BCUT2D eigenvalue weighted by Crippen LogP contribution is 2.21. The molecule has 132 valence electrons. The Morgan fingerprint density at radius 3 is 2.54 bits per heavy atom. The summed E-state index contributed by atoms with van der Waals surface area (Å²) in [6, 6.07) is 19.8. The van der Waals surface area contributed by atoms with Gasteiger partial charge in [0.05, 0.1) is 0 Å². The third kappa shape index (κ3) is 5.08. The molecule has 0 saturated heterocycles. The molecular formula is C21H22N4O. The van der Waals surface area contributed by atoms with Gasteiger partial charge in [-0.15, -0.1) is 6.58 Å². The molecule has 0 amide bonds. The molecule has 3 rings (SSSR count). The third-order valence-corrected chi connectivity index (χ3v) is 3.63. The van der Waals surface area contributed by atoms with Gasteiger partial charge in [-0.2, -0.15) is 4.98 Å². The van der Waals surface area contributed by atoms with Gasteiger partial charge in [0.1, 0.15) is 18.2 Å². The number of hydrogen-bond donors (Lipinski definition) is 2. The molecule has 5 heteroatoms. The number of ether oxygens (including phenoxy) is 1. The van der Waals surface area contributed by atoms with Gasteiger partial charge < -0.3 is 15.4 Å². The maximum Gasteiger partial charge on any atom is 0.225 e. The summed E-state index contributed by atoms with van der Waals surface area (Å²) in [5.41, 5.74) is 2.97. The van der Waals surface area contributed by atoms with Gasteiger partial charge in [-0.3, -0.25) is 0 Å². The van der Waals surface area contributed by atoms with Crippen molar-refractivity contribution in [1.29, 1.82) is 0 Å². The lowest BCUT2D eigenvalue weighted by Gasteiger charge is -2.10. The molecule has 1 heterocycles. The Bertz CT molecular complexity index is 848. The van der Waals surface area contributed by atoms with Crippen LogP contribution in [0.4, 0.5) is 17.5 Å². The van der Waals surface area contributed by atoms with Gasteiger partial charge in [0.25, 0.3) is 0 Å². The van der Waals surface area contributed by atoms with Crippen molar-refractivity contribution in [2.24, 2.45) is 0 Å². The number of nitrogens with zero attached hydrogens (tertiary/aromatic N) is 2. The zero-order valence-corrected chi connectivity index (χ0v) is 14.8. The largest absolute Gasteiger partial charge is 0.489 e. The zero-order chi connectivity index (χ0) is 18.2. The van der Waals surface area contributed by atoms with Gasteiger partial charge in [0, 0.05) is 24.0 Å². The summed E-state index contributed by atoms with van der Waals surface area (Å²) in [4.78, 5) is 8.80. The number of rotatable bonds is 8. The van der Waals surface area contributed by atoms with Gasteiger partial charge in [-0.05, 0) is 36.8 Å². The molecule has 0 aliphatic carbocycles. The average Bonchev–Trinajstić information content (AvgIpc) is 2.66. The number of benzene rings is 2. The minimum Gasteiger partial charge on any atom is -0.489 e. The second-order valence-electron chi connectivity index (χ2n) is 5.81. The molecule has 0 unspecified atom stereocenters. The van der Waals surface area contributed by atoms with Crippen molar-refractivity contribution in [1.82, 2.24) is 9.97 Å². The molecule has 0 atom stereocenters. The van der Waals surface area contributed by atoms with E-state index in [-0.39, 0.29) is 0 Å². The van der Waals surface area contributed by atoms with E-state index in [2.05, 4.69) is 27.2 Å². The van der Waals surface area contributed by atoms with E-state index >= 15 is 0 Å². The minimum absolute atomic E-state index is 0.553. The van der Waals surface area contributed by atoms with E-state index in [1.165, 1.54) is 0 Å². The van der Waals surface area contributed by atoms with E-state index in [1.54, 1.807) is 6.08 Å². The van der Waals surface area contributed by atoms with Gasteiger partial charge in [-0.1, -0.05) is 36.4 Å². The van der Waals surface area contributed by atoms with Gasteiger partial charge in [-0.25, -0.2) is 4.98 Å². The van der Waals surface area contributed by atoms with Crippen LogP contribution in [0.1, 0.15) is 11.3 Å². The van der Waals surface area contributed by atoms with Crippen LogP contribution in [0.2, 0.25) is 0 Å². The molecule has 2 N–H and O–H groups in total. The van der Waals surface area contributed by atoms with E-state index in [0.717, 1.165) is 28.5 Å². The second kappa shape index (κ2) is 8.67. The summed E-state index contributed by atoms with van der Waals surface area (Å²) < 4.78 is 5.81. The van der Waals surface area contributed by atoms with Crippen LogP contribution >= 0.6 is 0 Å². The Kier molecular flexibility index (Phi) is 5.83. The number of anilines is 3. The highest BCUT2D eigenvalue weighted by atomic mass is 16.5. The number of hydrogen-bond acceptors (Lipinski definition) is 5. The summed E-state index contributed by atoms with van der Waals surface area (Å²) >= 11 is 0. The molecule has 26 heavy (non-hydrogen) atoms. The first-order chi connectivity index (χ1) is 12.7. The topological polar surface area (TPSA) is 59.1 Å². The number of aryl methyl sites for hydroxylation is 1. The first-order valence-electron chi connectivity index (χ1n) is 8.47. The molecule has 0 spiro atoms. The SMILES string of the molecule is C=CCNc1nc(C)cc(Nc2ccc(OCc3ccccc3)cc2)n1. The molecule has 2 aromatic carbocycles. The quantitative estimate of drug-likeness (QED) is 0.579. The van der Waals surface area contributed by atoms with E-state index in [1.807, 2.05) is 67.6 Å². The highest BCUT2D eigenvalue weighted by Gasteiger charge is 2.03. The van der Waals surface area contributed by atoms with Crippen LogP contribution in [0, 0.1) is 6.92 Å². The molecular weight excluding hydrogens is 324 g/mol. The first-order valence-corrected chi connectivity index (χ1v) is 8.47. The number of aromatic nitrogens is 2. The van der Waals surface area contributed by atoms with E-state index in [0.29, 0.717) is 19.1 Å². The van der Waals surface area contributed by atoms with E-state index in [9.17, 15) is 0 Å². The minimum atomic E-state index is 0.553. The van der Waals surface area contributed by atoms with Crippen LogP contribution in [0.15, 0.2) is 73.3 Å². The van der Waals surface area contributed by atoms with Crippen LogP contribution in [-0.2, 0) is 6.61 Å². The van der Waals surface area contributed by atoms with Crippen LogP contribution in [-0.4, -0.2) is 16.5 Å². The van der Waals surface area contributed by atoms with Crippen LogP contribution in [0.25, 0.3) is 0 Å². The van der Waals surface area contributed by atoms with Crippen molar-refractivity contribution in [2.75, 3.05) is 17.2 Å². The van der Waals surface area contributed by atoms with Crippen LogP contribution in [0.5, 0.6) is 5.75 Å². The fourth-order valence-electron chi connectivity index (χ4n) is 2.40. The molecule has 1 aromatic heterocycles. The van der Waals surface area contributed by atoms with Crippen molar-refractivity contribution in [3.8, 4) is 5.75 Å². The van der Waals surface area contributed by atoms with E-state index in [4.69, 9.17) is 4.74 Å². The molecule has 3 aromatic rings. The van der Waals surface area contributed by atoms with Gasteiger partial charge in [0.15, 0.2) is 0 Å². The van der Waals surface area contributed by atoms with Gasteiger partial charge in [0.2, 0.25) is 5.95 Å². The molecule has 0 radical (unpaired) electrons. The van der Waals surface area contributed by atoms with Crippen molar-refractivity contribution >= 4 is 17.5 Å². The third-order valence-electron chi connectivity index (χ3n) is 3.63. The smallest absolute Gasteiger partial charge is 0.225 e. The average molecular weight is 346 g/mol. The molecule has 0 aliphatic rings. The predicted molar refractivity (Wildman–Crippen MR) is 106 cm³/mol. The Labute approximate surface area is 153 Å². The molecule has 0 aliphatic heterocycles. The maximum absolute atomic E-state index is 5.81. The molecule has 0 bridgehead atoms. The van der Waals surface area contributed by atoms with E-state index < -0.39 is 0 Å².